The molecule has 1 unspecified atom stereocenters. The number of methoxy groups -OCH3 is 1. The molecule has 5 rings (SSSR count). The Morgan fingerprint density at radius 1 is 1.11 bits per heavy atom. The van der Waals surface area contributed by atoms with E-state index in [0.29, 0.717) is 44.6 Å². The number of ether oxygens (including phenoxy) is 3. The maximum atomic E-state index is 10.9. The lowest BCUT2D eigenvalue weighted by atomic mass is 10.1. The molecule has 1 aliphatic heterocycles. The fourth-order valence-corrected chi connectivity index (χ4v) is 4.79. The molecule has 0 aliphatic carbocycles. The molecule has 37 heavy (non-hydrogen) atoms. The van der Waals surface area contributed by atoms with E-state index >= 15 is 0 Å². The van der Waals surface area contributed by atoms with Gasteiger partial charge in [-0.1, -0.05) is 59.8 Å². The minimum absolute atomic E-state index is 0.310. The van der Waals surface area contributed by atoms with Crippen molar-refractivity contribution in [2.75, 3.05) is 19.0 Å². The van der Waals surface area contributed by atoms with Gasteiger partial charge in [0.1, 0.15) is 0 Å². The summed E-state index contributed by atoms with van der Waals surface area (Å²) in [4.78, 5) is 15.6. The van der Waals surface area contributed by atoms with Gasteiger partial charge in [0, 0.05) is 27.6 Å². The lowest BCUT2D eigenvalue weighted by Gasteiger charge is -2.20. The highest BCUT2D eigenvalue weighted by Crippen LogP contribution is 2.41. The number of aromatic nitrogens is 3. The monoisotopic (exact) mass is 536 g/mol. The van der Waals surface area contributed by atoms with E-state index in [-0.39, 0.29) is 0 Å². The van der Waals surface area contributed by atoms with Gasteiger partial charge in [0.2, 0.25) is 11.0 Å². The second-order valence-corrected chi connectivity index (χ2v) is 9.26. The third-order valence-corrected chi connectivity index (χ3v) is 6.74. The van der Waals surface area contributed by atoms with Gasteiger partial charge < -0.3 is 24.6 Å². The first-order valence-electron chi connectivity index (χ1n) is 11.2. The summed E-state index contributed by atoms with van der Waals surface area (Å²) in [6.45, 7) is -0.480. The van der Waals surface area contributed by atoms with Gasteiger partial charge in [-0.25, -0.2) is 4.79 Å². The van der Waals surface area contributed by atoms with E-state index in [4.69, 9.17) is 30.9 Å². The molecular formula is C26H21ClN4O5S. The molecule has 1 atom stereocenters. The lowest BCUT2D eigenvalue weighted by molar-refractivity contribution is -0.139. The number of halogens is 1. The van der Waals surface area contributed by atoms with Gasteiger partial charge in [0.05, 0.1) is 7.11 Å². The molecule has 1 aliphatic rings. The number of hydrogen-bond acceptors (Lipinski definition) is 9. The van der Waals surface area contributed by atoms with Gasteiger partial charge in [-0.05, 0) is 35.9 Å². The van der Waals surface area contributed by atoms with Crippen molar-refractivity contribution < 1.29 is 24.1 Å². The van der Waals surface area contributed by atoms with Crippen LogP contribution in [-0.2, 0) is 10.5 Å². The topological polar surface area (TPSA) is 116 Å². The van der Waals surface area contributed by atoms with Gasteiger partial charge in [0.15, 0.2) is 30.0 Å². The van der Waals surface area contributed by atoms with Crippen LogP contribution in [0, 0.1) is 0 Å². The summed E-state index contributed by atoms with van der Waals surface area (Å²) >= 11 is 7.70. The second-order valence-electron chi connectivity index (χ2n) is 7.91. The Balaban J connectivity index is 1.46. The molecule has 11 heteroatoms. The zero-order valence-electron chi connectivity index (χ0n) is 19.6. The van der Waals surface area contributed by atoms with Gasteiger partial charge >= 0.3 is 5.97 Å². The SMILES string of the molecule is COc1cc(C2Nc3ccccc3-c3nnc(SCc4ccccc4Cl)nc3O2)ccc1OCC(=O)O. The van der Waals surface area contributed by atoms with Crippen LogP contribution in [0.2, 0.25) is 5.02 Å². The second kappa shape index (κ2) is 10.9. The summed E-state index contributed by atoms with van der Waals surface area (Å²) in [5.74, 6) is 0.504. The van der Waals surface area contributed by atoms with Crippen LogP contribution in [-0.4, -0.2) is 40.0 Å². The van der Waals surface area contributed by atoms with Crippen molar-refractivity contribution in [1.82, 2.24) is 15.2 Å². The fourth-order valence-electron chi connectivity index (χ4n) is 3.72. The molecular weight excluding hydrogens is 516 g/mol. The molecule has 0 radical (unpaired) electrons. The van der Waals surface area contributed by atoms with Gasteiger partial charge in [-0.2, -0.15) is 4.98 Å². The summed E-state index contributed by atoms with van der Waals surface area (Å²) in [5.41, 5.74) is 3.79. The number of nitrogens with zero attached hydrogens (tertiary/aromatic N) is 3. The first kappa shape index (κ1) is 24.7. The van der Waals surface area contributed by atoms with Crippen molar-refractivity contribution in [3.05, 3.63) is 82.9 Å². The van der Waals surface area contributed by atoms with Crippen LogP contribution in [0.4, 0.5) is 5.69 Å². The van der Waals surface area contributed by atoms with Gasteiger partial charge in [-0.15, -0.1) is 10.2 Å². The zero-order chi connectivity index (χ0) is 25.8. The molecule has 9 nitrogen and oxygen atoms in total. The Kier molecular flexibility index (Phi) is 7.29. The molecule has 0 saturated heterocycles. The molecule has 188 valence electrons. The number of aliphatic carboxylic acids is 1. The van der Waals surface area contributed by atoms with Crippen LogP contribution in [0.25, 0.3) is 11.3 Å². The Labute approximate surface area is 221 Å². The van der Waals surface area contributed by atoms with Crippen molar-refractivity contribution in [3.8, 4) is 28.6 Å². The van der Waals surface area contributed by atoms with E-state index in [0.717, 1.165) is 16.8 Å². The van der Waals surface area contributed by atoms with E-state index in [9.17, 15) is 4.79 Å². The molecule has 0 fully saturated rings. The normalized spacial score (nSPS) is 13.8. The van der Waals surface area contributed by atoms with Crippen LogP contribution in [0.1, 0.15) is 17.4 Å². The van der Waals surface area contributed by atoms with Gasteiger partial charge in [-0.3, -0.25) is 0 Å². The van der Waals surface area contributed by atoms with E-state index in [1.165, 1.54) is 18.9 Å². The molecule has 0 amide bonds. The highest BCUT2D eigenvalue weighted by Gasteiger charge is 2.27. The lowest BCUT2D eigenvalue weighted by Crippen LogP contribution is -2.17. The highest BCUT2D eigenvalue weighted by atomic mass is 35.5. The number of rotatable bonds is 8. The van der Waals surface area contributed by atoms with Crippen LogP contribution in [0.5, 0.6) is 17.4 Å². The van der Waals surface area contributed by atoms with Crippen molar-refractivity contribution in [2.24, 2.45) is 0 Å². The number of thioether (sulfide) groups is 1. The first-order valence-corrected chi connectivity index (χ1v) is 12.5. The number of anilines is 1. The van der Waals surface area contributed by atoms with Crippen molar-refractivity contribution in [1.29, 1.82) is 0 Å². The molecule has 2 N–H and O–H groups in total. The third-order valence-electron chi connectivity index (χ3n) is 5.49. The maximum Gasteiger partial charge on any atom is 0.341 e. The summed E-state index contributed by atoms with van der Waals surface area (Å²) in [6.07, 6.45) is -0.650. The molecule has 0 spiro atoms. The van der Waals surface area contributed by atoms with Crippen molar-refractivity contribution in [3.63, 3.8) is 0 Å². The summed E-state index contributed by atoms with van der Waals surface area (Å²) in [7, 11) is 1.48. The van der Waals surface area contributed by atoms with Gasteiger partial charge in [0.25, 0.3) is 0 Å². The number of hydrogen-bond donors (Lipinski definition) is 2. The Bertz CT molecular complexity index is 1450. The number of nitrogens with one attached hydrogen (secondary N) is 1. The first-order chi connectivity index (χ1) is 18.0. The Hall–Kier alpha value is -4.02. The summed E-state index contributed by atoms with van der Waals surface area (Å²) in [6, 6.07) is 20.4. The minimum Gasteiger partial charge on any atom is -0.493 e. The van der Waals surface area contributed by atoms with Crippen LogP contribution >= 0.6 is 23.4 Å². The summed E-state index contributed by atoms with van der Waals surface area (Å²) in [5, 5.41) is 22.2. The van der Waals surface area contributed by atoms with E-state index < -0.39 is 18.8 Å². The molecule has 0 saturated carbocycles. The number of carboxylic acid groups (broad SMARTS) is 1. The average Bonchev–Trinajstić information content (AvgIpc) is 3.08. The maximum absolute atomic E-state index is 10.9. The predicted molar refractivity (Wildman–Crippen MR) is 139 cm³/mol. The largest absolute Gasteiger partial charge is 0.493 e. The average molecular weight is 537 g/mol. The molecule has 4 aromatic rings. The predicted octanol–water partition coefficient (Wildman–Crippen LogP) is 5.46. The number of fused-ring (bicyclic) bond motifs is 3. The smallest absolute Gasteiger partial charge is 0.341 e. The minimum atomic E-state index is -1.08. The van der Waals surface area contributed by atoms with Crippen molar-refractivity contribution in [2.45, 2.75) is 17.1 Å². The third kappa shape index (κ3) is 5.55. The highest BCUT2D eigenvalue weighted by molar-refractivity contribution is 7.98. The Morgan fingerprint density at radius 3 is 2.73 bits per heavy atom. The van der Waals surface area contributed by atoms with Crippen LogP contribution < -0.4 is 19.5 Å². The quantitative estimate of drug-likeness (QED) is 0.281. The standard InChI is InChI=1S/C26H21ClN4O5S/c1-34-21-12-15(10-11-20(21)35-13-22(32)33)24-28-19-9-5-3-7-17(19)23-25(36-24)29-26(31-30-23)37-14-16-6-2-4-8-18(16)27/h2-12,24,28H,13-14H2,1H3,(H,32,33). The van der Waals surface area contributed by atoms with E-state index in [2.05, 4.69) is 20.5 Å². The number of carboxylic acids is 1. The molecule has 2 heterocycles. The fraction of sp³-hybridized carbons (Fsp3) is 0.154. The Morgan fingerprint density at radius 2 is 1.92 bits per heavy atom. The van der Waals surface area contributed by atoms with Crippen LogP contribution in [0.15, 0.2) is 71.9 Å². The molecule has 1 aromatic heterocycles. The van der Waals surface area contributed by atoms with E-state index in [1.54, 1.807) is 18.2 Å². The molecule has 3 aromatic carbocycles. The molecule has 0 bridgehead atoms. The van der Waals surface area contributed by atoms with Crippen molar-refractivity contribution >= 4 is 35.0 Å². The number of carbonyl (C=O) groups is 1. The number of para-hydroxylation sites is 1. The van der Waals surface area contributed by atoms with Crippen LogP contribution in [0.3, 0.4) is 0 Å². The summed E-state index contributed by atoms with van der Waals surface area (Å²) < 4.78 is 17.1. The number of benzene rings is 3. The van der Waals surface area contributed by atoms with E-state index in [1.807, 2.05) is 48.5 Å². The zero-order valence-corrected chi connectivity index (χ0v) is 21.1.